The van der Waals surface area contributed by atoms with Crippen LogP contribution in [0.15, 0.2) is 12.4 Å². The zero-order valence-corrected chi connectivity index (χ0v) is 16.7. The summed E-state index contributed by atoms with van der Waals surface area (Å²) in [6.45, 7) is 5.74. The molecular formula is C17H25F3N6O4. The van der Waals surface area contributed by atoms with Crippen molar-refractivity contribution in [3.05, 3.63) is 18.0 Å². The van der Waals surface area contributed by atoms with E-state index in [1.54, 1.807) is 16.9 Å². The first kappa shape index (κ1) is 23.6. The Balaban J connectivity index is 1.79. The van der Waals surface area contributed by atoms with Crippen LogP contribution < -0.4 is 10.2 Å². The molecule has 0 aliphatic carbocycles. The molecule has 168 valence electrons. The lowest BCUT2D eigenvalue weighted by atomic mass is 10.3. The number of nitrogens with one attached hydrogen (secondary N) is 1. The van der Waals surface area contributed by atoms with Gasteiger partial charge >= 0.3 is 12.3 Å². The lowest BCUT2D eigenvalue weighted by Gasteiger charge is -2.34. The second-order valence-electron chi connectivity index (χ2n) is 6.74. The number of aromatic nitrogens is 2. The fourth-order valence-corrected chi connectivity index (χ4v) is 2.86. The van der Waals surface area contributed by atoms with Gasteiger partial charge in [0, 0.05) is 51.2 Å². The number of carbonyl (C=O) groups excluding carboxylic acids is 1. The number of carbonyl (C=O) groups is 2. The summed E-state index contributed by atoms with van der Waals surface area (Å²) >= 11 is 0. The Kier molecular flexibility index (Phi) is 8.17. The van der Waals surface area contributed by atoms with Crippen molar-refractivity contribution in [3.8, 4) is 0 Å². The SMILES string of the molecule is CCN(CC(C)NC(=O)O)OCCN1CCN(c2ncc(C(F)(F)F)cn2)CC1=O. The zero-order valence-electron chi connectivity index (χ0n) is 16.7. The van der Waals surface area contributed by atoms with E-state index >= 15 is 0 Å². The van der Waals surface area contributed by atoms with Crippen LogP contribution in [0.3, 0.4) is 0 Å². The summed E-state index contributed by atoms with van der Waals surface area (Å²) in [6, 6.07) is -0.323. The van der Waals surface area contributed by atoms with E-state index in [0.29, 0.717) is 45.1 Å². The fraction of sp³-hybridized carbons (Fsp3) is 0.647. The van der Waals surface area contributed by atoms with E-state index in [9.17, 15) is 22.8 Å². The standard InChI is InChI=1S/C17H25F3N6O4/c1-3-26(10-12(2)23-16(28)29)30-7-6-24-4-5-25(11-14(24)27)15-21-8-13(9-22-15)17(18,19)20/h8-9,12,23H,3-7,10-11H2,1-2H3,(H,28,29). The van der Waals surface area contributed by atoms with Gasteiger partial charge in [0.25, 0.3) is 0 Å². The Hall–Kier alpha value is -2.67. The molecule has 13 heteroatoms. The zero-order chi connectivity index (χ0) is 22.3. The summed E-state index contributed by atoms with van der Waals surface area (Å²) < 4.78 is 37.8. The smallest absolute Gasteiger partial charge is 0.419 e. The van der Waals surface area contributed by atoms with Crippen molar-refractivity contribution in [1.29, 1.82) is 0 Å². The molecule has 30 heavy (non-hydrogen) atoms. The molecule has 2 heterocycles. The van der Waals surface area contributed by atoms with Crippen molar-refractivity contribution in [3.63, 3.8) is 0 Å². The molecular weight excluding hydrogens is 409 g/mol. The molecule has 10 nitrogen and oxygen atoms in total. The number of rotatable bonds is 9. The molecule has 1 unspecified atom stereocenters. The molecule has 0 radical (unpaired) electrons. The molecule has 1 fully saturated rings. The Bertz CT molecular complexity index is 718. The molecule has 0 saturated carbocycles. The molecule has 0 aromatic carbocycles. The summed E-state index contributed by atoms with van der Waals surface area (Å²) in [5.74, 6) is -0.137. The van der Waals surface area contributed by atoms with Gasteiger partial charge in [-0.2, -0.15) is 18.2 Å². The first-order chi connectivity index (χ1) is 14.1. The summed E-state index contributed by atoms with van der Waals surface area (Å²) in [5.41, 5.74) is -0.943. The number of nitrogens with zero attached hydrogens (tertiary/aromatic N) is 5. The number of likely N-dealkylation sites (N-methyl/N-ethyl adjacent to an activating group) is 1. The highest BCUT2D eigenvalue weighted by molar-refractivity contribution is 5.82. The third kappa shape index (κ3) is 6.99. The average Bonchev–Trinajstić information content (AvgIpc) is 2.67. The van der Waals surface area contributed by atoms with Crippen molar-refractivity contribution in [2.45, 2.75) is 26.1 Å². The maximum atomic E-state index is 12.6. The number of hydrogen-bond acceptors (Lipinski definition) is 7. The Morgan fingerprint density at radius 1 is 1.37 bits per heavy atom. The minimum absolute atomic E-state index is 0.0393. The van der Waals surface area contributed by atoms with Gasteiger partial charge in [-0.3, -0.25) is 9.63 Å². The Morgan fingerprint density at radius 3 is 2.57 bits per heavy atom. The minimum Gasteiger partial charge on any atom is -0.465 e. The van der Waals surface area contributed by atoms with Crippen LogP contribution >= 0.6 is 0 Å². The second kappa shape index (κ2) is 10.4. The van der Waals surface area contributed by atoms with Gasteiger partial charge in [-0.1, -0.05) is 6.92 Å². The van der Waals surface area contributed by atoms with Crippen LogP contribution in [-0.4, -0.2) is 89.0 Å². The normalized spacial score (nSPS) is 16.1. The summed E-state index contributed by atoms with van der Waals surface area (Å²) in [7, 11) is 0. The number of piperazine rings is 1. The van der Waals surface area contributed by atoms with Gasteiger partial charge < -0.3 is 20.2 Å². The summed E-state index contributed by atoms with van der Waals surface area (Å²) in [4.78, 5) is 39.2. The highest BCUT2D eigenvalue weighted by Crippen LogP contribution is 2.28. The summed E-state index contributed by atoms with van der Waals surface area (Å²) in [6.07, 6.45) is -4.22. The topological polar surface area (TPSA) is 111 Å². The highest BCUT2D eigenvalue weighted by Gasteiger charge is 2.32. The number of amides is 2. The lowest BCUT2D eigenvalue weighted by Crippen LogP contribution is -2.52. The van der Waals surface area contributed by atoms with Crippen LogP contribution in [0.5, 0.6) is 0 Å². The number of anilines is 1. The van der Waals surface area contributed by atoms with E-state index in [2.05, 4.69) is 15.3 Å². The van der Waals surface area contributed by atoms with Gasteiger partial charge in [0.1, 0.15) is 0 Å². The van der Waals surface area contributed by atoms with Crippen molar-refractivity contribution in [2.75, 3.05) is 50.8 Å². The molecule has 0 spiro atoms. The maximum absolute atomic E-state index is 12.6. The van der Waals surface area contributed by atoms with Crippen molar-refractivity contribution in [2.24, 2.45) is 0 Å². The number of carboxylic acid groups (broad SMARTS) is 1. The molecule has 1 aromatic heterocycles. The minimum atomic E-state index is -4.51. The van der Waals surface area contributed by atoms with Crippen LogP contribution in [0.2, 0.25) is 0 Å². The van der Waals surface area contributed by atoms with E-state index in [4.69, 9.17) is 9.94 Å². The predicted molar refractivity (Wildman–Crippen MR) is 99.6 cm³/mol. The molecule has 1 atom stereocenters. The second-order valence-corrected chi connectivity index (χ2v) is 6.74. The lowest BCUT2D eigenvalue weighted by molar-refractivity contribution is -0.165. The van der Waals surface area contributed by atoms with Gasteiger partial charge in [0.05, 0.1) is 18.7 Å². The van der Waals surface area contributed by atoms with Crippen LogP contribution in [0.1, 0.15) is 19.4 Å². The van der Waals surface area contributed by atoms with E-state index < -0.39 is 17.8 Å². The Morgan fingerprint density at radius 2 is 2.03 bits per heavy atom. The largest absolute Gasteiger partial charge is 0.465 e. The summed E-state index contributed by atoms with van der Waals surface area (Å²) in [5, 5.41) is 12.7. The maximum Gasteiger partial charge on any atom is 0.419 e. The van der Waals surface area contributed by atoms with Crippen molar-refractivity contribution < 1.29 is 32.7 Å². The predicted octanol–water partition coefficient (Wildman–Crippen LogP) is 1.05. The number of hydroxylamine groups is 2. The van der Waals surface area contributed by atoms with Crippen LogP contribution in [0.25, 0.3) is 0 Å². The molecule has 1 aliphatic heterocycles. The van der Waals surface area contributed by atoms with Crippen molar-refractivity contribution >= 4 is 17.9 Å². The van der Waals surface area contributed by atoms with Gasteiger partial charge in [0.15, 0.2) is 0 Å². The van der Waals surface area contributed by atoms with Crippen LogP contribution in [0.4, 0.5) is 23.9 Å². The average molecular weight is 434 g/mol. The van der Waals surface area contributed by atoms with E-state index in [1.807, 2.05) is 6.92 Å². The quantitative estimate of drug-likeness (QED) is 0.555. The number of hydrogen-bond donors (Lipinski definition) is 2. The van der Waals surface area contributed by atoms with E-state index in [0.717, 1.165) is 0 Å². The Labute approximate surface area is 171 Å². The molecule has 0 bridgehead atoms. The van der Waals surface area contributed by atoms with Gasteiger partial charge in [-0.15, -0.1) is 0 Å². The monoisotopic (exact) mass is 434 g/mol. The number of halogens is 3. The van der Waals surface area contributed by atoms with Crippen molar-refractivity contribution in [1.82, 2.24) is 25.2 Å². The molecule has 2 N–H and O–H groups in total. The van der Waals surface area contributed by atoms with Crippen LogP contribution in [-0.2, 0) is 15.8 Å². The molecule has 2 amide bonds. The van der Waals surface area contributed by atoms with Gasteiger partial charge in [-0.05, 0) is 6.92 Å². The van der Waals surface area contributed by atoms with Crippen LogP contribution in [0, 0.1) is 0 Å². The molecule has 1 aromatic rings. The third-order valence-electron chi connectivity index (χ3n) is 4.40. The molecule has 1 aliphatic rings. The fourth-order valence-electron chi connectivity index (χ4n) is 2.86. The molecule has 1 saturated heterocycles. The van der Waals surface area contributed by atoms with Gasteiger partial charge in [-0.25, -0.2) is 14.8 Å². The molecule has 2 rings (SSSR count). The first-order valence-electron chi connectivity index (χ1n) is 9.39. The van der Waals surface area contributed by atoms with Gasteiger partial charge in [0.2, 0.25) is 11.9 Å². The number of alkyl halides is 3. The van der Waals surface area contributed by atoms with E-state index in [-0.39, 0.29) is 31.0 Å². The highest BCUT2D eigenvalue weighted by atomic mass is 19.4. The third-order valence-corrected chi connectivity index (χ3v) is 4.40. The first-order valence-corrected chi connectivity index (χ1v) is 9.39. The van der Waals surface area contributed by atoms with E-state index in [1.165, 1.54) is 4.90 Å².